The molecule has 2 N–H and O–H groups in total. The third-order valence-electron chi connectivity index (χ3n) is 2.19. The van der Waals surface area contributed by atoms with Gasteiger partial charge in [-0.25, -0.2) is 8.78 Å². The molecule has 1 aromatic rings. The van der Waals surface area contributed by atoms with Crippen LogP contribution in [0.25, 0.3) is 0 Å². The van der Waals surface area contributed by atoms with Crippen LogP contribution in [0.15, 0.2) is 18.2 Å². The van der Waals surface area contributed by atoms with Gasteiger partial charge in [-0.1, -0.05) is 0 Å². The van der Waals surface area contributed by atoms with Gasteiger partial charge >= 0.3 is 0 Å². The predicted molar refractivity (Wildman–Crippen MR) is 64.2 cm³/mol. The lowest BCUT2D eigenvalue weighted by atomic mass is 10.3. The van der Waals surface area contributed by atoms with Gasteiger partial charge in [0.05, 0.1) is 12.6 Å². The van der Waals surface area contributed by atoms with Crippen molar-refractivity contribution in [3.05, 3.63) is 29.8 Å². The number of carbonyl (C=O) groups is 1. The van der Waals surface area contributed by atoms with Gasteiger partial charge in [-0.3, -0.25) is 9.69 Å². The molecule has 6 heteroatoms. The van der Waals surface area contributed by atoms with Gasteiger partial charge in [-0.05, 0) is 26.1 Å². The summed E-state index contributed by atoms with van der Waals surface area (Å²) in [6.45, 7) is 2.03. The number of likely N-dealkylation sites (N-methyl/N-ethyl adjacent to an activating group) is 1. The minimum Gasteiger partial charge on any atom is -0.392 e. The molecule has 0 aliphatic rings. The fourth-order valence-electron chi connectivity index (χ4n) is 1.54. The van der Waals surface area contributed by atoms with Crippen LogP contribution in [0, 0.1) is 11.6 Å². The van der Waals surface area contributed by atoms with Crippen LogP contribution in [0.2, 0.25) is 0 Å². The second-order valence-electron chi connectivity index (χ2n) is 4.22. The molecule has 0 saturated carbocycles. The summed E-state index contributed by atoms with van der Waals surface area (Å²) in [4.78, 5) is 13.2. The Labute approximate surface area is 104 Å². The first kappa shape index (κ1) is 14.5. The topological polar surface area (TPSA) is 52.6 Å². The average molecular weight is 258 g/mol. The van der Waals surface area contributed by atoms with E-state index in [4.69, 9.17) is 5.11 Å². The van der Waals surface area contributed by atoms with Crippen LogP contribution < -0.4 is 5.32 Å². The molecule has 0 aromatic heterocycles. The van der Waals surface area contributed by atoms with Gasteiger partial charge in [0.1, 0.15) is 0 Å². The first-order valence-corrected chi connectivity index (χ1v) is 5.50. The minimum atomic E-state index is -1.01. The minimum absolute atomic E-state index is 0.0594. The summed E-state index contributed by atoms with van der Waals surface area (Å²) in [7, 11) is 1.68. The molecule has 0 fully saturated rings. The van der Waals surface area contributed by atoms with Gasteiger partial charge in [-0.2, -0.15) is 0 Å². The molecule has 1 aromatic carbocycles. The van der Waals surface area contributed by atoms with Crippen molar-refractivity contribution in [3.8, 4) is 0 Å². The highest BCUT2D eigenvalue weighted by Crippen LogP contribution is 2.12. The van der Waals surface area contributed by atoms with Gasteiger partial charge < -0.3 is 10.4 Å². The summed E-state index contributed by atoms with van der Waals surface area (Å²) in [5.74, 6) is -2.33. The fraction of sp³-hybridized carbons (Fsp3) is 0.417. The Bertz CT molecular complexity index is 425. The van der Waals surface area contributed by atoms with Crippen LogP contribution in [-0.2, 0) is 4.79 Å². The summed E-state index contributed by atoms with van der Waals surface area (Å²) in [5, 5.41) is 11.6. The third kappa shape index (κ3) is 4.77. The Morgan fingerprint density at radius 1 is 1.44 bits per heavy atom. The van der Waals surface area contributed by atoms with E-state index in [1.165, 1.54) is 6.07 Å². The van der Waals surface area contributed by atoms with Gasteiger partial charge in [0.25, 0.3) is 0 Å². The lowest BCUT2D eigenvalue weighted by molar-refractivity contribution is -0.117. The summed E-state index contributed by atoms with van der Waals surface area (Å²) in [5.41, 5.74) is 0.198. The summed E-state index contributed by atoms with van der Waals surface area (Å²) in [6, 6.07) is 3.15. The van der Waals surface area contributed by atoms with Crippen LogP contribution in [-0.4, -0.2) is 42.2 Å². The molecule has 0 radical (unpaired) electrons. The molecule has 4 nitrogen and oxygen atoms in total. The molecule has 0 bridgehead atoms. The molecule has 1 unspecified atom stereocenters. The van der Waals surface area contributed by atoms with E-state index in [9.17, 15) is 13.6 Å². The number of aliphatic hydroxyl groups excluding tert-OH is 1. The first-order valence-electron chi connectivity index (χ1n) is 5.50. The number of nitrogens with zero attached hydrogens (tertiary/aromatic N) is 1. The van der Waals surface area contributed by atoms with Crippen molar-refractivity contribution < 1.29 is 18.7 Å². The zero-order valence-electron chi connectivity index (χ0n) is 10.3. The summed E-state index contributed by atoms with van der Waals surface area (Å²) >= 11 is 0. The second kappa shape index (κ2) is 6.42. The van der Waals surface area contributed by atoms with Gasteiger partial charge in [0, 0.05) is 18.3 Å². The van der Waals surface area contributed by atoms with E-state index in [2.05, 4.69) is 5.32 Å². The Kier molecular flexibility index (Phi) is 5.18. The van der Waals surface area contributed by atoms with E-state index in [1.54, 1.807) is 18.9 Å². The number of amides is 1. The Balaban J connectivity index is 2.51. The number of anilines is 1. The normalized spacial score (nSPS) is 12.6. The van der Waals surface area contributed by atoms with Gasteiger partial charge in [0.2, 0.25) is 5.91 Å². The van der Waals surface area contributed by atoms with Crippen molar-refractivity contribution in [2.75, 3.05) is 25.5 Å². The molecule has 100 valence electrons. The van der Waals surface area contributed by atoms with Crippen molar-refractivity contribution in [3.63, 3.8) is 0 Å². The standard InChI is InChI=1S/C12H16F2N2O2/c1-8(17)6-16(2)7-12(18)15-9-3-4-10(13)11(14)5-9/h3-5,8,17H,6-7H2,1-2H3,(H,15,18). The highest BCUT2D eigenvalue weighted by molar-refractivity contribution is 5.92. The Morgan fingerprint density at radius 2 is 2.11 bits per heavy atom. The van der Waals surface area contributed by atoms with Gasteiger partial charge in [0.15, 0.2) is 11.6 Å². The molecular formula is C12H16F2N2O2. The number of hydrogen-bond acceptors (Lipinski definition) is 3. The molecule has 18 heavy (non-hydrogen) atoms. The van der Waals surface area contributed by atoms with Crippen LogP contribution in [0.5, 0.6) is 0 Å². The Hall–Kier alpha value is -1.53. The number of carbonyl (C=O) groups excluding carboxylic acids is 1. The molecule has 0 heterocycles. The van der Waals surface area contributed by atoms with Crippen molar-refractivity contribution in [2.24, 2.45) is 0 Å². The number of nitrogens with one attached hydrogen (secondary N) is 1. The molecular weight excluding hydrogens is 242 g/mol. The number of halogens is 2. The van der Waals surface area contributed by atoms with Gasteiger partial charge in [-0.15, -0.1) is 0 Å². The van der Waals surface area contributed by atoms with Crippen molar-refractivity contribution >= 4 is 11.6 Å². The highest BCUT2D eigenvalue weighted by atomic mass is 19.2. The molecule has 1 atom stereocenters. The fourth-order valence-corrected chi connectivity index (χ4v) is 1.54. The summed E-state index contributed by atoms with van der Waals surface area (Å²) < 4.78 is 25.6. The first-order chi connectivity index (χ1) is 8.38. The largest absolute Gasteiger partial charge is 0.392 e. The number of hydrogen-bond donors (Lipinski definition) is 2. The zero-order chi connectivity index (χ0) is 13.7. The molecule has 1 rings (SSSR count). The lowest BCUT2D eigenvalue weighted by Crippen LogP contribution is -2.34. The van der Waals surface area contributed by atoms with E-state index in [1.807, 2.05) is 0 Å². The third-order valence-corrected chi connectivity index (χ3v) is 2.19. The van der Waals surface area contributed by atoms with E-state index < -0.39 is 17.7 Å². The Morgan fingerprint density at radius 3 is 2.67 bits per heavy atom. The van der Waals surface area contributed by atoms with Crippen LogP contribution in [0.4, 0.5) is 14.5 Å². The quantitative estimate of drug-likeness (QED) is 0.835. The maximum absolute atomic E-state index is 12.9. The predicted octanol–water partition coefficient (Wildman–Crippen LogP) is 1.22. The summed E-state index contributed by atoms with van der Waals surface area (Å²) in [6.07, 6.45) is -0.536. The molecule has 0 aliphatic carbocycles. The zero-order valence-corrected chi connectivity index (χ0v) is 10.3. The number of aliphatic hydroxyl groups is 1. The smallest absolute Gasteiger partial charge is 0.238 e. The average Bonchev–Trinajstić information content (AvgIpc) is 2.21. The maximum atomic E-state index is 12.9. The lowest BCUT2D eigenvalue weighted by Gasteiger charge is -2.17. The van der Waals surface area contributed by atoms with E-state index in [0.29, 0.717) is 6.54 Å². The van der Waals surface area contributed by atoms with Crippen molar-refractivity contribution in [1.82, 2.24) is 4.90 Å². The molecule has 1 amide bonds. The van der Waals surface area contributed by atoms with Crippen LogP contribution >= 0.6 is 0 Å². The SMILES string of the molecule is CC(O)CN(C)CC(=O)Nc1ccc(F)c(F)c1. The van der Waals surface area contributed by atoms with E-state index in [-0.39, 0.29) is 18.1 Å². The monoisotopic (exact) mass is 258 g/mol. The number of benzene rings is 1. The van der Waals surface area contributed by atoms with E-state index in [0.717, 1.165) is 12.1 Å². The van der Waals surface area contributed by atoms with E-state index >= 15 is 0 Å². The highest BCUT2D eigenvalue weighted by Gasteiger charge is 2.10. The molecule has 0 aliphatic heterocycles. The maximum Gasteiger partial charge on any atom is 0.238 e. The molecule has 0 saturated heterocycles. The number of rotatable bonds is 5. The van der Waals surface area contributed by atoms with Crippen molar-refractivity contribution in [2.45, 2.75) is 13.0 Å². The van der Waals surface area contributed by atoms with Crippen LogP contribution in [0.1, 0.15) is 6.92 Å². The molecule has 0 spiro atoms. The second-order valence-corrected chi connectivity index (χ2v) is 4.22. The van der Waals surface area contributed by atoms with Crippen molar-refractivity contribution in [1.29, 1.82) is 0 Å². The van der Waals surface area contributed by atoms with Crippen LogP contribution in [0.3, 0.4) is 0 Å².